The van der Waals surface area contributed by atoms with Crippen LogP contribution in [0, 0.1) is 5.41 Å². The summed E-state index contributed by atoms with van der Waals surface area (Å²) in [6, 6.07) is 15.9. The SMILES string of the molecule is CC1(C)c2ccc(Cl)cc2-c2cnc(Nc3ccccc3)c(C=N)c21. The summed E-state index contributed by atoms with van der Waals surface area (Å²) in [5, 5.41) is 12.1. The highest BCUT2D eigenvalue weighted by molar-refractivity contribution is 6.31. The van der Waals surface area contributed by atoms with Crippen molar-refractivity contribution in [2.24, 2.45) is 0 Å². The summed E-state index contributed by atoms with van der Waals surface area (Å²) in [7, 11) is 0. The Bertz CT molecular complexity index is 978. The van der Waals surface area contributed by atoms with Gasteiger partial charge in [-0.1, -0.05) is 49.7 Å². The van der Waals surface area contributed by atoms with Gasteiger partial charge >= 0.3 is 0 Å². The third-order valence-electron chi connectivity index (χ3n) is 4.87. The first-order valence-corrected chi connectivity index (χ1v) is 8.56. The quantitative estimate of drug-likeness (QED) is 0.590. The van der Waals surface area contributed by atoms with Gasteiger partial charge in [0.05, 0.1) is 0 Å². The first-order valence-electron chi connectivity index (χ1n) is 8.19. The lowest BCUT2D eigenvalue weighted by Gasteiger charge is -2.24. The average molecular weight is 348 g/mol. The Kier molecular flexibility index (Phi) is 3.62. The molecule has 0 radical (unpaired) electrons. The molecule has 0 atom stereocenters. The summed E-state index contributed by atoms with van der Waals surface area (Å²) in [6.45, 7) is 4.37. The molecule has 0 bridgehead atoms. The highest BCUT2D eigenvalue weighted by Crippen LogP contribution is 2.51. The standard InChI is InChI=1S/C21H18ClN3/c1-21(2)18-9-8-13(22)10-15(18)17-12-24-20(16(11-23)19(17)21)25-14-6-4-3-5-7-14/h3-12,23H,1-2H3,(H,24,25). The number of benzene rings is 2. The lowest BCUT2D eigenvalue weighted by molar-refractivity contribution is 0.659. The first-order chi connectivity index (χ1) is 12.0. The van der Waals surface area contributed by atoms with Crippen LogP contribution in [0.5, 0.6) is 0 Å². The minimum Gasteiger partial charge on any atom is -0.340 e. The van der Waals surface area contributed by atoms with Gasteiger partial charge in [-0.05, 0) is 41.0 Å². The maximum absolute atomic E-state index is 8.01. The van der Waals surface area contributed by atoms with Crippen LogP contribution < -0.4 is 5.32 Å². The van der Waals surface area contributed by atoms with Gasteiger partial charge in [-0.3, -0.25) is 0 Å². The molecule has 0 aliphatic heterocycles. The van der Waals surface area contributed by atoms with Crippen LogP contribution in [0.25, 0.3) is 11.1 Å². The molecule has 0 saturated heterocycles. The molecule has 4 heteroatoms. The topological polar surface area (TPSA) is 48.8 Å². The summed E-state index contributed by atoms with van der Waals surface area (Å²) >= 11 is 6.22. The van der Waals surface area contributed by atoms with Crippen molar-refractivity contribution in [2.75, 3.05) is 5.32 Å². The van der Waals surface area contributed by atoms with Crippen LogP contribution in [0.3, 0.4) is 0 Å². The monoisotopic (exact) mass is 347 g/mol. The Labute approximate surface area is 152 Å². The number of hydrogen-bond acceptors (Lipinski definition) is 3. The lowest BCUT2D eigenvalue weighted by Crippen LogP contribution is -2.18. The Morgan fingerprint density at radius 1 is 1.08 bits per heavy atom. The molecule has 0 unspecified atom stereocenters. The van der Waals surface area contributed by atoms with E-state index in [-0.39, 0.29) is 5.41 Å². The highest BCUT2D eigenvalue weighted by Gasteiger charge is 2.38. The molecule has 0 fully saturated rings. The maximum atomic E-state index is 8.01. The van der Waals surface area contributed by atoms with E-state index < -0.39 is 0 Å². The largest absolute Gasteiger partial charge is 0.340 e. The fraction of sp³-hybridized carbons (Fsp3) is 0.143. The van der Waals surface area contributed by atoms with Crippen LogP contribution in [0.4, 0.5) is 11.5 Å². The molecular weight excluding hydrogens is 330 g/mol. The molecule has 4 rings (SSSR count). The third kappa shape index (κ3) is 2.43. The van der Waals surface area contributed by atoms with Gasteiger partial charge in [-0.2, -0.15) is 0 Å². The van der Waals surface area contributed by atoms with E-state index in [1.54, 1.807) is 0 Å². The summed E-state index contributed by atoms with van der Waals surface area (Å²) in [6.07, 6.45) is 3.28. The van der Waals surface area contributed by atoms with E-state index in [0.29, 0.717) is 10.8 Å². The van der Waals surface area contributed by atoms with Gasteiger partial charge < -0.3 is 10.7 Å². The molecule has 1 aliphatic rings. The Hall–Kier alpha value is -2.65. The summed E-state index contributed by atoms with van der Waals surface area (Å²) in [5.41, 5.74) is 6.06. The lowest BCUT2D eigenvalue weighted by atomic mass is 9.80. The van der Waals surface area contributed by atoms with Crippen molar-refractivity contribution in [1.29, 1.82) is 5.41 Å². The highest BCUT2D eigenvalue weighted by atomic mass is 35.5. The number of pyridine rings is 1. The van der Waals surface area contributed by atoms with Crippen LogP contribution >= 0.6 is 11.6 Å². The first kappa shape index (κ1) is 15.9. The Morgan fingerprint density at radius 2 is 1.84 bits per heavy atom. The van der Waals surface area contributed by atoms with Crippen molar-refractivity contribution >= 4 is 29.3 Å². The van der Waals surface area contributed by atoms with Crippen molar-refractivity contribution in [3.05, 3.63) is 76.4 Å². The van der Waals surface area contributed by atoms with E-state index in [2.05, 4.69) is 30.2 Å². The van der Waals surface area contributed by atoms with Crippen LogP contribution in [0.2, 0.25) is 5.02 Å². The van der Waals surface area contributed by atoms with Crippen molar-refractivity contribution in [1.82, 2.24) is 4.98 Å². The molecule has 3 aromatic rings. The van der Waals surface area contributed by atoms with Gasteiger partial charge in [0.25, 0.3) is 0 Å². The van der Waals surface area contributed by atoms with Gasteiger partial charge in [0.2, 0.25) is 0 Å². The number of rotatable bonds is 3. The summed E-state index contributed by atoms with van der Waals surface area (Å²) in [5.74, 6) is 0.701. The molecule has 25 heavy (non-hydrogen) atoms. The van der Waals surface area contributed by atoms with Crippen LogP contribution in [0.1, 0.15) is 30.5 Å². The zero-order valence-electron chi connectivity index (χ0n) is 14.1. The van der Waals surface area contributed by atoms with Crippen molar-refractivity contribution in [2.45, 2.75) is 19.3 Å². The maximum Gasteiger partial charge on any atom is 0.139 e. The second kappa shape index (κ2) is 5.71. The summed E-state index contributed by atoms with van der Waals surface area (Å²) in [4.78, 5) is 4.61. The van der Waals surface area contributed by atoms with Gasteiger partial charge in [0.15, 0.2) is 0 Å². The number of fused-ring (bicyclic) bond motifs is 3. The Morgan fingerprint density at radius 3 is 2.56 bits per heavy atom. The van der Waals surface area contributed by atoms with E-state index in [0.717, 1.165) is 27.9 Å². The van der Waals surface area contributed by atoms with Crippen molar-refractivity contribution < 1.29 is 0 Å². The van der Waals surface area contributed by atoms with Gasteiger partial charge in [0.1, 0.15) is 5.82 Å². The van der Waals surface area contributed by atoms with Gasteiger partial charge in [0, 0.05) is 39.7 Å². The molecule has 2 aromatic carbocycles. The molecule has 1 heterocycles. The number of hydrogen-bond donors (Lipinski definition) is 2. The Balaban J connectivity index is 1.92. The normalized spacial score (nSPS) is 13.9. The summed E-state index contributed by atoms with van der Waals surface area (Å²) < 4.78 is 0. The average Bonchev–Trinajstić information content (AvgIpc) is 2.83. The number of anilines is 2. The predicted molar refractivity (Wildman–Crippen MR) is 104 cm³/mol. The number of halogens is 1. The van der Waals surface area contributed by atoms with Gasteiger partial charge in [-0.25, -0.2) is 4.98 Å². The number of para-hydroxylation sites is 1. The second-order valence-corrected chi connectivity index (χ2v) is 7.20. The van der Waals surface area contributed by atoms with E-state index in [1.165, 1.54) is 11.8 Å². The molecule has 1 aliphatic carbocycles. The molecule has 124 valence electrons. The van der Waals surface area contributed by atoms with Crippen LogP contribution in [-0.2, 0) is 5.41 Å². The van der Waals surface area contributed by atoms with E-state index in [4.69, 9.17) is 17.0 Å². The zero-order valence-corrected chi connectivity index (χ0v) is 14.9. The smallest absolute Gasteiger partial charge is 0.139 e. The fourth-order valence-corrected chi connectivity index (χ4v) is 3.89. The predicted octanol–water partition coefficient (Wildman–Crippen LogP) is 5.78. The number of nitrogens with zero attached hydrogens (tertiary/aromatic N) is 1. The van der Waals surface area contributed by atoms with Crippen LogP contribution in [-0.4, -0.2) is 11.2 Å². The van der Waals surface area contributed by atoms with Crippen molar-refractivity contribution in [3.63, 3.8) is 0 Å². The minimum atomic E-state index is -0.210. The third-order valence-corrected chi connectivity index (χ3v) is 5.10. The molecule has 0 spiro atoms. The van der Waals surface area contributed by atoms with E-state index in [1.807, 2.05) is 48.7 Å². The second-order valence-electron chi connectivity index (χ2n) is 6.76. The molecule has 0 amide bonds. The number of nitrogens with one attached hydrogen (secondary N) is 2. The van der Waals surface area contributed by atoms with Crippen molar-refractivity contribution in [3.8, 4) is 11.1 Å². The number of aromatic nitrogens is 1. The van der Waals surface area contributed by atoms with E-state index in [9.17, 15) is 0 Å². The molecule has 1 aromatic heterocycles. The molecular formula is C21H18ClN3. The molecule has 3 nitrogen and oxygen atoms in total. The fourth-order valence-electron chi connectivity index (χ4n) is 3.72. The van der Waals surface area contributed by atoms with E-state index >= 15 is 0 Å². The van der Waals surface area contributed by atoms with Crippen LogP contribution in [0.15, 0.2) is 54.7 Å². The van der Waals surface area contributed by atoms with Gasteiger partial charge in [-0.15, -0.1) is 0 Å². The molecule has 0 saturated carbocycles. The zero-order chi connectivity index (χ0) is 17.6. The molecule has 2 N–H and O–H groups in total. The minimum absolute atomic E-state index is 0.210.